The number of alkyl carbamates (subject to hydrolysis) is 1. The van der Waals surface area contributed by atoms with Crippen LogP contribution in [-0.2, 0) is 14.3 Å². The number of carbonyl (C=O) groups excluding carboxylic acids is 2. The molecule has 0 unspecified atom stereocenters. The first kappa shape index (κ1) is 13.7. The Bertz CT molecular complexity index is 217. The summed E-state index contributed by atoms with van der Waals surface area (Å²) in [5.41, 5.74) is 0. The van der Waals surface area contributed by atoms with Crippen molar-refractivity contribution in [3.63, 3.8) is 0 Å². The number of nitrogens with one attached hydrogen (secondary N) is 1. The minimum atomic E-state index is -0.871. The molecule has 88 valence electrons. The van der Waals surface area contributed by atoms with Gasteiger partial charge in [-0.3, -0.25) is 0 Å². The first-order valence-corrected chi connectivity index (χ1v) is 4.67. The quantitative estimate of drug-likeness (QED) is 0.638. The van der Waals surface area contributed by atoms with E-state index in [9.17, 15) is 9.59 Å². The Morgan fingerprint density at radius 2 is 2.00 bits per heavy atom. The van der Waals surface area contributed by atoms with Gasteiger partial charge < -0.3 is 19.9 Å². The van der Waals surface area contributed by atoms with E-state index in [1.54, 1.807) is 13.8 Å². The summed E-state index contributed by atoms with van der Waals surface area (Å²) in [6.07, 6.45) is -0.895. The van der Waals surface area contributed by atoms with Crippen LogP contribution in [0.25, 0.3) is 0 Å². The Balaban J connectivity index is 4.24. The van der Waals surface area contributed by atoms with Crippen LogP contribution >= 0.6 is 0 Å². The molecule has 0 rings (SSSR count). The number of methoxy groups -OCH3 is 1. The third kappa shape index (κ3) is 5.90. The van der Waals surface area contributed by atoms with Gasteiger partial charge in [-0.15, -0.1) is 0 Å². The van der Waals surface area contributed by atoms with E-state index in [2.05, 4.69) is 10.1 Å². The molecule has 0 fully saturated rings. The van der Waals surface area contributed by atoms with Crippen molar-refractivity contribution in [2.75, 3.05) is 13.7 Å². The number of aliphatic hydroxyl groups excluding tert-OH is 1. The lowest BCUT2D eigenvalue weighted by Crippen LogP contribution is -2.43. The van der Waals surface area contributed by atoms with E-state index in [0.29, 0.717) is 0 Å². The highest BCUT2D eigenvalue weighted by atomic mass is 16.6. The van der Waals surface area contributed by atoms with E-state index in [0.717, 1.165) is 0 Å². The molecule has 15 heavy (non-hydrogen) atoms. The van der Waals surface area contributed by atoms with Crippen LogP contribution in [0.2, 0.25) is 0 Å². The van der Waals surface area contributed by atoms with Gasteiger partial charge in [0.2, 0.25) is 0 Å². The van der Waals surface area contributed by atoms with Crippen LogP contribution in [-0.4, -0.2) is 43.0 Å². The monoisotopic (exact) mass is 219 g/mol. The van der Waals surface area contributed by atoms with Crippen LogP contribution in [0.5, 0.6) is 0 Å². The number of rotatable bonds is 5. The summed E-state index contributed by atoms with van der Waals surface area (Å²) in [5, 5.41) is 11.0. The summed E-state index contributed by atoms with van der Waals surface area (Å²) >= 11 is 0. The van der Waals surface area contributed by atoms with Crippen molar-refractivity contribution in [3.8, 4) is 0 Å². The number of hydrogen-bond acceptors (Lipinski definition) is 5. The van der Waals surface area contributed by atoms with E-state index in [1.165, 1.54) is 7.11 Å². The summed E-state index contributed by atoms with van der Waals surface area (Å²) in [5.74, 6) is -0.579. The van der Waals surface area contributed by atoms with Gasteiger partial charge in [0.15, 0.2) is 0 Å². The summed E-state index contributed by atoms with van der Waals surface area (Å²) in [7, 11) is 1.19. The van der Waals surface area contributed by atoms with Crippen LogP contribution in [0.4, 0.5) is 4.79 Å². The molecule has 6 heteroatoms. The molecule has 0 heterocycles. The van der Waals surface area contributed by atoms with E-state index in [-0.39, 0.29) is 19.1 Å². The van der Waals surface area contributed by atoms with Gasteiger partial charge in [-0.1, -0.05) is 0 Å². The lowest BCUT2D eigenvalue weighted by Gasteiger charge is -2.17. The molecule has 0 aromatic heterocycles. The highest BCUT2D eigenvalue weighted by Crippen LogP contribution is 1.99. The molecular formula is C9H17NO5. The predicted octanol–water partition coefficient (Wildman–Crippen LogP) is 0.0450. The van der Waals surface area contributed by atoms with Crippen LogP contribution in [0.1, 0.15) is 20.3 Å². The van der Waals surface area contributed by atoms with Crippen molar-refractivity contribution >= 4 is 12.1 Å². The van der Waals surface area contributed by atoms with Gasteiger partial charge in [-0.05, 0) is 13.8 Å². The topological polar surface area (TPSA) is 84.9 Å². The molecule has 0 bridgehead atoms. The average Bonchev–Trinajstić information content (AvgIpc) is 2.15. The molecular weight excluding hydrogens is 202 g/mol. The van der Waals surface area contributed by atoms with Crippen LogP contribution in [0.3, 0.4) is 0 Å². The normalized spacial score (nSPS) is 12.1. The molecule has 0 aliphatic carbocycles. The Morgan fingerprint density at radius 1 is 1.40 bits per heavy atom. The predicted molar refractivity (Wildman–Crippen MR) is 52.3 cm³/mol. The van der Waals surface area contributed by atoms with E-state index < -0.39 is 18.1 Å². The van der Waals surface area contributed by atoms with E-state index in [4.69, 9.17) is 9.84 Å². The highest BCUT2D eigenvalue weighted by Gasteiger charge is 2.22. The molecule has 1 atom stereocenters. The molecule has 0 aliphatic heterocycles. The van der Waals surface area contributed by atoms with Gasteiger partial charge >= 0.3 is 12.1 Å². The lowest BCUT2D eigenvalue weighted by molar-refractivity contribution is -0.150. The van der Waals surface area contributed by atoms with Gasteiger partial charge in [0.1, 0.15) is 6.04 Å². The second-order valence-corrected chi connectivity index (χ2v) is 3.19. The largest absolute Gasteiger partial charge is 0.461 e. The lowest BCUT2D eigenvalue weighted by atomic mass is 10.2. The Hall–Kier alpha value is -1.30. The maximum absolute atomic E-state index is 11.4. The fraction of sp³-hybridized carbons (Fsp3) is 0.778. The van der Waals surface area contributed by atoms with Crippen molar-refractivity contribution in [1.82, 2.24) is 5.32 Å². The molecule has 0 aliphatic rings. The van der Waals surface area contributed by atoms with Gasteiger partial charge in [-0.25, -0.2) is 9.59 Å². The average molecular weight is 219 g/mol. The summed E-state index contributed by atoms with van der Waals surface area (Å²) in [6, 6.07) is -0.871. The van der Waals surface area contributed by atoms with Crippen molar-refractivity contribution < 1.29 is 24.2 Å². The summed E-state index contributed by atoms with van der Waals surface area (Å²) < 4.78 is 9.23. The molecule has 0 aromatic rings. The fourth-order valence-electron chi connectivity index (χ4n) is 0.894. The minimum Gasteiger partial charge on any atom is -0.461 e. The zero-order chi connectivity index (χ0) is 11.8. The van der Waals surface area contributed by atoms with Crippen LogP contribution in [0, 0.1) is 0 Å². The van der Waals surface area contributed by atoms with Crippen molar-refractivity contribution in [3.05, 3.63) is 0 Å². The van der Waals surface area contributed by atoms with Gasteiger partial charge in [0.05, 0.1) is 13.2 Å². The maximum atomic E-state index is 11.4. The Kier molecular flexibility index (Phi) is 6.44. The molecule has 1 amide bonds. The fourth-order valence-corrected chi connectivity index (χ4v) is 0.894. The number of esters is 1. The van der Waals surface area contributed by atoms with Crippen molar-refractivity contribution in [2.45, 2.75) is 32.4 Å². The SMILES string of the molecule is COC(=O)N[C@@H](CCO)C(=O)OC(C)C. The van der Waals surface area contributed by atoms with Crippen molar-refractivity contribution in [1.29, 1.82) is 0 Å². The maximum Gasteiger partial charge on any atom is 0.407 e. The highest BCUT2D eigenvalue weighted by molar-refractivity contribution is 5.81. The smallest absolute Gasteiger partial charge is 0.407 e. The molecule has 0 radical (unpaired) electrons. The molecule has 6 nitrogen and oxygen atoms in total. The van der Waals surface area contributed by atoms with Gasteiger partial charge in [0.25, 0.3) is 0 Å². The van der Waals surface area contributed by atoms with Crippen LogP contribution in [0.15, 0.2) is 0 Å². The van der Waals surface area contributed by atoms with Gasteiger partial charge in [0, 0.05) is 13.0 Å². The third-order valence-electron chi connectivity index (χ3n) is 1.53. The van der Waals surface area contributed by atoms with Gasteiger partial charge in [-0.2, -0.15) is 0 Å². The van der Waals surface area contributed by atoms with E-state index in [1.807, 2.05) is 0 Å². The number of ether oxygens (including phenoxy) is 2. The van der Waals surface area contributed by atoms with Crippen molar-refractivity contribution in [2.24, 2.45) is 0 Å². The molecule has 0 saturated heterocycles. The minimum absolute atomic E-state index is 0.0979. The number of aliphatic hydroxyl groups is 1. The number of amides is 1. The molecule has 0 saturated carbocycles. The first-order chi connectivity index (χ1) is 7.01. The summed E-state index contributed by atoms with van der Waals surface area (Å²) in [4.78, 5) is 22.3. The van der Waals surface area contributed by atoms with Crippen LogP contribution < -0.4 is 5.32 Å². The Labute approximate surface area is 88.6 Å². The van der Waals surface area contributed by atoms with E-state index >= 15 is 0 Å². The second kappa shape index (κ2) is 7.05. The molecule has 2 N–H and O–H groups in total. The zero-order valence-electron chi connectivity index (χ0n) is 9.15. The first-order valence-electron chi connectivity index (χ1n) is 4.67. The Morgan fingerprint density at radius 3 is 2.40 bits per heavy atom. The number of carbonyl (C=O) groups is 2. The molecule has 0 aromatic carbocycles. The third-order valence-corrected chi connectivity index (χ3v) is 1.53. The molecule has 0 spiro atoms. The number of hydrogen-bond donors (Lipinski definition) is 2. The summed E-state index contributed by atoms with van der Waals surface area (Å²) in [6.45, 7) is 3.18. The second-order valence-electron chi connectivity index (χ2n) is 3.19. The zero-order valence-corrected chi connectivity index (χ0v) is 9.15. The standard InChI is InChI=1S/C9H17NO5/c1-6(2)15-8(12)7(4-5-11)10-9(13)14-3/h6-7,11H,4-5H2,1-3H3,(H,10,13)/t7-/m0/s1.